The topological polar surface area (TPSA) is 71.3 Å². The van der Waals surface area contributed by atoms with E-state index in [0.29, 0.717) is 5.84 Å². The van der Waals surface area contributed by atoms with Crippen molar-refractivity contribution in [3.63, 3.8) is 0 Å². The molecule has 6 heteroatoms. The van der Waals surface area contributed by atoms with Crippen LogP contribution < -0.4 is 5.84 Å². The standard InChI is InChI=1S/C3H7N6/c1-3-6-7-9(5-2)8(3)4/h2,4H2,1H3/q-1. The van der Waals surface area contributed by atoms with Crippen molar-refractivity contribution in [1.82, 2.24) is 10.3 Å². The van der Waals surface area contributed by atoms with E-state index in [9.17, 15) is 0 Å². The van der Waals surface area contributed by atoms with Crippen LogP contribution in [0.5, 0.6) is 0 Å². The molecular weight excluding hydrogens is 120 g/mol. The van der Waals surface area contributed by atoms with Crippen LogP contribution in [-0.2, 0) is 0 Å². The lowest BCUT2D eigenvalue weighted by Crippen LogP contribution is -2.40. The lowest BCUT2D eigenvalue weighted by atomic mass is 10.7. The molecule has 0 aliphatic carbocycles. The van der Waals surface area contributed by atoms with Crippen molar-refractivity contribution < 1.29 is 0 Å². The van der Waals surface area contributed by atoms with Gasteiger partial charge in [-0.3, -0.25) is 0 Å². The molecule has 0 saturated carbocycles. The summed E-state index contributed by atoms with van der Waals surface area (Å²) in [6.07, 6.45) is 0. The zero-order valence-corrected chi connectivity index (χ0v) is 5.02. The normalized spacial score (nSPS) is 17.3. The Labute approximate surface area is 52.5 Å². The van der Waals surface area contributed by atoms with E-state index in [2.05, 4.69) is 22.5 Å². The van der Waals surface area contributed by atoms with Gasteiger partial charge in [-0.1, -0.05) is 0 Å². The van der Waals surface area contributed by atoms with Gasteiger partial charge in [0.2, 0.25) is 0 Å². The lowest BCUT2D eigenvalue weighted by Gasteiger charge is -2.29. The highest BCUT2D eigenvalue weighted by atomic mass is 16.1. The summed E-state index contributed by atoms with van der Waals surface area (Å²) in [5.74, 6) is 5.92. The van der Waals surface area contributed by atoms with Gasteiger partial charge in [-0.25, -0.2) is 16.2 Å². The highest BCUT2D eigenvalue weighted by Crippen LogP contribution is 2.10. The number of nitrogens with two attached hydrogens (primary N) is 1. The second-order valence-corrected chi connectivity index (χ2v) is 1.49. The van der Waals surface area contributed by atoms with Gasteiger partial charge in [-0.15, -0.1) is 0 Å². The van der Waals surface area contributed by atoms with Crippen LogP contribution in [0.15, 0.2) is 10.2 Å². The van der Waals surface area contributed by atoms with E-state index >= 15 is 0 Å². The number of nitrogens with zero attached hydrogens (tertiary/aromatic N) is 5. The van der Waals surface area contributed by atoms with Crippen LogP contribution >= 0.6 is 0 Å². The monoisotopic (exact) mass is 127 g/mol. The first-order valence-corrected chi connectivity index (χ1v) is 2.32. The zero-order chi connectivity index (χ0) is 6.85. The summed E-state index contributed by atoms with van der Waals surface area (Å²) in [5, 5.41) is 9.31. The van der Waals surface area contributed by atoms with Gasteiger partial charge in [0.25, 0.3) is 0 Å². The largest absolute Gasteiger partial charge is 0.471 e. The van der Waals surface area contributed by atoms with Gasteiger partial charge in [-0.2, -0.15) is 5.10 Å². The molecule has 2 N–H and O–H groups in total. The molecule has 0 aromatic carbocycles. The predicted molar refractivity (Wildman–Crippen MR) is 33.9 cm³/mol. The van der Waals surface area contributed by atoms with Gasteiger partial charge in [0.15, 0.2) is 0 Å². The van der Waals surface area contributed by atoms with E-state index in [1.807, 2.05) is 0 Å². The summed E-state index contributed by atoms with van der Waals surface area (Å²) < 4.78 is 0. The summed E-state index contributed by atoms with van der Waals surface area (Å²) >= 11 is 0. The van der Waals surface area contributed by atoms with Crippen molar-refractivity contribution >= 4 is 12.6 Å². The maximum absolute atomic E-state index is 5.33. The SMILES string of the molecule is C=NN1[N-]N=C(C)N1N. The molecule has 1 heterocycles. The number of hydrazine groups is 2. The molecule has 0 atom stereocenters. The first kappa shape index (κ1) is 5.83. The van der Waals surface area contributed by atoms with Gasteiger partial charge >= 0.3 is 0 Å². The van der Waals surface area contributed by atoms with Gasteiger partial charge in [-0.05, 0) is 6.92 Å². The Kier molecular flexibility index (Phi) is 1.23. The van der Waals surface area contributed by atoms with Crippen LogP contribution in [0.4, 0.5) is 0 Å². The maximum atomic E-state index is 5.33. The van der Waals surface area contributed by atoms with Crippen LogP contribution in [0.2, 0.25) is 0 Å². The molecule has 1 rings (SSSR count). The number of amidine groups is 1. The molecule has 0 spiro atoms. The summed E-state index contributed by atoms with van der Waals surface area (Å²) in [5.41, 5.74) is 3.51. The minimum atomic E-state index is 0.586. The molecule has 0 fully saturated rings. The first-order chi connectivity index (χ1) is 4.25. The minimum Gasteiger partial charge on any atom is -0.471 e. The molecule has 0 amide bonds. The Bertz CT molecular complexity index is 150. The first-order valence-electron chi connectivity index (χ1n) is 2.32. The fourth-order valence-electron chi connectivity index (χ4n) is 0.419. The van der Waals surface area contributed by atoms with Gasteiger partial charge in [0, 0.05) is 6.72 Å². The predicted octanol–water partition coefficient (Wildman–Crippen LogP) is -0.370. The van der Waals surface area contributed by atoms with Crippen LogP contribution in [-0.4, -0.2) is 22.9 Å². The Morgan fingerprint density at radius 2 is 2.56 bits per heavy atom. The molecule has 50 valence electrons. The average molecular weight is 127 g/mol. The van der Waals surface area contributed by atoms with Crippen molar-refractivity contribution in [3.8, 4) is 0 Å². The van der Waals surface area contributed by atoms with Gasteiger partial charge in [0.1, 0.15) is 5.84 Å². The van der Waals surface area contributed by atoms with Crippen molar-refractivity contribution in [2.45, 2.75) is 6.92 Å². The third kappa shape index (κ3) is 0.789. The minimum absolute atomic E-state index is 0.586. The number of rotatable bonds is 1. The fourth-order valence-corrected chi connectivity index (χ4v) is 0.419. The third-order valence-corrected chi connectivity index (χ3v) is 0.920. The van der Waals surface area contributed by atoms with Crippen LogP contribution in [0.1, 0.15) is 6.92 Å². The lowest BCUT2D eigenvalue weighted by molar-refractivity contribution is 0.109. The molecule has 9 heavy (non-hydrogen) atoms. The Morgan fingerprint density at radius 1 is 1.89 bits per heavy atom. The fraction of sp³-hybridized carbons (Fsp3) is 0.333. The van der Waals surface area contributed by atoms with Crippen molar-refractivity contribution in [2.75, 3.05) is 0 Å². The number of hydrogen-bond donors (Lipinski definition) is 1. The van der Waals surface area contributed by atoms with E-state index in [1.54, 1.807) is 6.92 Å². The Balaban J connectivity index is 2.61. The van der Waals surface area contributed by atoms with Crippen LogP contribution in [0.25, 0.3) is 5.53 Å². The molecule has 0 unspecified atom stereocenters. The Morgan fingerprint density at radius 3 is 2.78 bits per heavy atom. The molecule has 0 saturated heterocycles. The van der Waals surface area contributed by atoms with E-state index in [0.717, 1.165) is 5.23 Å². The zero-order valence-electron chi connectivity index (χ0n) is 5.02. The Hall–Kier alpha value is -1.30. The van der Waals surface area contributed by atoms with E-state index < -0.39 is 0 Å². The van der Waals surface area contributed by atoms with E-state index in [1.165, 1.54) is 5.12 Å². The summed E-state index contributed by atoms with van der Waals surface area (Å²) in [7, 11) is 0. The quantitative estimate of drug-likeness (QED) is 0.386. The van der Waals surface area contributed by atoms with Crippen LogP contribution in [0.3, 0.4) is 0 Å². The summed E-state index contributed by atoms with van der Waals surface area (Å²) in [6, 6.07) is 0. The summed E-state index contributed by atoms with van der Waals surface area (Å²) in [6.45, 7) is 4.93. The molecule has 0 aromatic rings. The second-order valence-electron chi connectivity index (χ2n) is 1.49. The third-order valence-electron chi connectivity index (χ3n) is 0.920. The molecule has 6 nitrogen and oxygen atoms in total. The second kappa shape index (κ2) is 1.90. The molecule has 1 aliphatic heterocycles. The molecular formula is C3H7N6-. The van der Waals surface area contributed by atoms with E-state index in [-0.39, 0.29) is 0 Å². The highest BCUT2D eigenvalue weighted by Gasteiger charge is 2.05. The van der Waals surface area contributed by atoms with Crippen molar-refractivity contribution in [2.24, 2.45) is 16.0 Å². The molecule has 0 radical (unpaired) electrons. The molecule has 0 aromatic heterocycles. The number of hydrazone groups is 1. The average Bonchev–Trinajstić information content (AvgIpc) is 2.15. The smallest absolute Gasteiger partial charge is 0.120 e. The van der Waals surface area contributed by atoms with E-state index in [4.69, 9.17) is 5.84 Å². The molecule has 1 aliphatic rings. The van der Waals surface area contributed by atoms with Crippen molar-refractivity contribution in [1.29, 1.82) is 0 Å². The molecule has 0 bridgehead atoms. The van der Waals surface area contributed by atoms with Crippen molar-refractivity contribution in [3.05, 3.63) is 5.53 Å². The number of hydrogen-bond acceptors (Lipinski definition) is 5. The highest BCUT2D eigenvalue weighted by molar-refractivity contribution is 5.80. The van der Waals surface area contributed by atoms with Gasteiger partial charge in [0.05, 0.1) is 0 Å². The maximum Gasteiger partial charge on any atom is 0.120 e. The van der Waals surface area contributed by atoms with Crippen LogP contribution in [0, 0.1) is 0 Å². The van der Waals surface area contributed by atoms with Gasteiger partial charge < -0.3 is 10.6 Å². The summed E-state index contributed by atoms with van der Waals surface area (Å²) in [4.78, 5) is 0.